The van der Waals surface area contributed by atoms with E-state index in [1.165, 1.54) is 58.2 Å². The Bertz CT molecular complexity index is 355. The molecule has 1 aliphatic heterocycles. The minimum Gasteiger partial charge on any atom is -0.379 e. The summed E-state index contributed by atoms with van der Waals surface area (Å²) in [5.41, 5.74) is 1.99. The normalized spacial score (nSPS) is 53.7. The fraction of sp³-hybridized carbons (Fsp3) is 1.00. The molecule has 0 aromatic heterocycles. The van der Waals surface area contributed by atoms with E-state index in [0.29, 0.717) is 16.2 Å². The van der Waals surface area contributed by atoms with Crippen molar-refractivity contribution in [2.45, 2.75) is 52.4 Å². The van der Waals surface area contributed by atoms with Gasteiger partial charge in [0.25, 0.3) is 0 Å². The van der Waals surface area contributed by atoms with Gasteiger partial charge in [0.15, 0.2) is 0 Å². The third-order valence-electron chi connectivity index (χ3n) is 6.40. The predicted octanol–water partition coefficient (Wildman–Crippen LogP) is 3.32. The maximum atomic E-state index is 5.52. The fourth-order valence-electron chi connectivity index (χ4n) is 7.09. The number of rotatable bonds is 2. The minimum absolute atomic E-state index is 0.653. The highest BCUT2D eigenvalue weighted by atomic mass is 16.5. The van der Waals surface area contributed by atoms with Crippen LogP contribution in [-0.2, 0) is 4.74 Å². The molecule has 0 radical (unpaired) electrons. The molecule has 5 fully saturated rings. The summed E-state index contributed by atoms with van der Waals surface area (Å²) in [6.45, 7) is 10.8. The van der Waals surface area contributed by atoms with Crippen molar-refractivity contribution in [1.29, 1.82) is 0 Å². The van der Waals surface area contributed by atoms with Gasteiger partial charge in [0.2, 0.25) is 0 Å². The van der Waals surface area contributed by atoms with E-state index in [0.717, 1.165) is 19.1 Å². The van der Waals surface area contributed by atoms with Crippen LogP contribution in [0.3, 0.4) is 0 Å². The van der Waals surface area contributed by atoms with Crippen LogP contribution >= 0.6 is 0 Å². The highest BCUT2D eigenvalue weighted by Crippen LogP contribution is 2.69. The van der Waals surface area contributed by atoms with Gasteiger partial charge in [0.05, 0.1) is 13.2 Å². The summed E-state index contributed by atoms with van der Waals surface area (Å²) < 4.78 is 5.52. The lowest BCUT2D eigenvalue weighted by Crippen LogP contribution is -2.58. The molecule has 2 heteroatoms. The summed E-state index contributed by atoms with van der Waals surface area (Å²) in [4.78, 5) is 2.70. The van der Waals surface area contributed by atoms with Gasteiger partial charge in [0.1, 0.15) is 0 Å². The molecule has 0 spiro atoms. The van der Waals surface area contributed by atoms with Crippen LogP contribution in [0.25, 0.3) is 0 Å². The molecule has 4 atom stereocenters. The highest BCUT2D eigenvalue weighted by Gasteiger charge is 2.60. The SMILES string of the molecule is C[C@]12CC3CC(CN4CCOCC4)(C1)C[C@@](C)(C3)C2. The van der Waals surface area contributed by atoms with Crippen molar-refractivity contribution in [3.05, 3.63) is 0 Å². The number of hydrogen-bond donors (Lipinski definition) is 0. The molecule has 0 N–H and O–H groups in total. The minimum atomic E-state index is 0.653. The van der Waals surface area contributed by atoms with Gasteiger partial charge in [-0.15, -0.1) is 0 Å². The van der Waals surface area contributed by atoms with Crippen LogP contribution in [0.15, 0.2) is 0 Å². The topological polar surface area (TPSA) is 12.5 Å². The second-order valence-electron chi connectivity index (χ2n) is 9.02. The molecule has 0 amide bonds. The van der Waals surface area contributed by atoms with Crippen LogP contribution in [-0.4, -0.2) is 37.7 Å². The summed E-state index contributed by atoms with van der Waals surface area (Å²) in [5, 5.41) is 0. The predicted molar refractivity (Wildman–Crippen MR) is 77.1 cm³/mol. The number of ether oxygens (including phenoxy) is 1. The standard InChI is InChI=1S/C17H29NO/c1-15-7-14-8-16(2,10-15)12-17(9-14,11-15)13-18-3-5-19-6-4-18/h14H,3-13H2,1-2H3/t14?,15-,16+,17?. The second-order valence-corrected chi connectivity index (χ2v) is 9.02. The van der Waals surface area contributed by atoms with E-state index < -0.39 is 0 Å². The van der Waals surface area contributed by atoms with E-state index in [9.17, 15) is 0 Å². The van der Waals surface area contributed by atoms with E-state index >= 15 is 0 Å². The molecule has 4 aliphatic carbocycles. The molecule has 4 bridgehead atoms. The molecule has 5 rings (SSSR count). The summed E-state index contributed by atoms with van der Waals surface area (Å²) in [6, 6.07) is 0. The van der Waals surface area contributed by atoms with E-state index in [-0.39, 0.29) is 0 Å². The van der Waals surface area contributed by atoms with Crippen LogP contribution < -0.4 is 0 Å². The first kappa shape index (κ1) is 12.6. The molecule has 0 aromatic rings. The van der Waals surface area contributed by atoms with Crippen LogP contribution in [0.2, 0.25) is 0 Å². The Labute approximate surface area is 117 Å². The Hall–Kier alpha value is -0.0800. The molecule has 0 aromatic carbocycles. The summed E-state index contributed by atoms with van der Waals surface area (Å²) in [6.07, 6.45) is 9.07. The smallest absolute Gasteiger partial charge is 0.0594 e. The van der Waals surface area contributed by atoms with Crippen molar-refractivity contribution in [2.24, 2.45) is 22.2 Å². The van der Waals surface area contributed by atoms with Crippen molar-refractivity contribution in [3.63, 3.8) is 0 Å². The van der Waals surface area contributed by atoms with Gasteiger partial charge >= 0.3 is 0 Å². The van der Waals surface area contributed by atoms with Crippen LogP contribution in [0.5, 0.6) is 0 Å². The first-order valence-electron chi connectivity index (χ1n) is 8.29. The highest BCUT2D eigenvalue weighted by molar-refractivity contribution is 5.11. The first-order chi connectivity index (χ1) is 8.99. The first-order valence-corrected chi connectivity index (χ1v) is 8.29. The molecular weight excluding hydrogens is 234 g/mol. The Kier molecular flexibility index (Phi) is 2.65. The van der Waals surface area contributed by atoms with Crippen LogP contribution in [0.1, 0.15) is 52.4 Å². The molecule has 108 valence electrons. The van der Waals surface area contributed by atoms with Crippen LogP contribution in [0.4, 0.5) is 0 Å². The van der Waals surface area contributed by atoms with Gasteiger partial charge in [-0.1, -0.05) is 13.8 Å². The van der Waals surface area contributed by atoms with E-state index in [2.05, 4.69) is 18.7 Å². The maximum Gasteiger partial charge on any atom is 0.0594 e. The van der Waals surface area contributed by atoms with Crippen molar-refractivity contribution >= 4 is 0 Å². The summed E-state index contributed by atoms with van der Waals surface area (Å²) >= 11 is 0. The molecule has 2 unspecified atom stereocenters. The number of nitrogens with zero attached hydrogens (tertiary/aromatic N) is 1. The van der Waals surface area contributed by atoms with Gasteiger partial charge in [-0.05, 0) is 60.7 Å². The quantitative estimate of drug-likeness (QED) is 0.758. The lowest BCUT2D eigenvalue weighted by atomic mass is 9.40. The Morgan fingerprint density at radius 3 is 2.16 bits per heavy atom. The maximum absolute atomic E-state index is 5.52. The number of morpholine rings is 1. The molecule has 5 aliphatic rings. The third kappa shape index (κ3) is 2.15. The van der Waals surface area contributed by atoms with Gasteiger partial charge in [-0.2, -0.15) is 0 Å². The zero-order valence-corrected chi connectivity index (χ0v) is 12.7. The Morgan fingerprint density at radius 1 is 0.947 bits per heavy atom. The average molecular weight is 263 g/mol. The largest absolute Gasteiger partial charge is 0.379 e. The lowest BCUT2D eigenvalue weighted by molar-refractivity contribution is -0.156. The fourth-order valence-corrected chi connectivity index (χ4v) is 7.09. The third-order valence-corrected chi connectivity index (χ3v) is 6.40. The molecular formula is C17H29NO. The van der Waals surface area contributed by atoms with E-state index in [1.54, 1.807) is 0 Å². The zero-order valence-electron chi connectivity index (χ0n) is 12.7. The number of hydrogen-bond acceptors (Lipinski definition) is 2. The molecule has 1 saturated heterocycles. The van der Waals surface area contributed by atoms with Crippen molar-refractivity contribution in [3.8, 4) is 0 Å². The van der Waals surface area contributed by atoms with E-state index in [1.807, 2.05) is 0 Å². The van der Waals surface area contributed by atoms with Crippen molar-refractivity contribution in [1.82, 2.24) is 4.90 Å². The van der Waals surface area contributed by atoms with Gasteiger partial charge < -0.3 is 4.74 Å². The van der Waals surface area contributed by atoms with Gasteiger partial charge in [-0.3, -0.25) is 4.90 Å². The van der Waals surface area contributed by atoms with Gasteiger partial charge in [0, 0.05) is 19.6 Å². The Balaban J connectivity index is 1.56. The zero-order chi connectivity index (χ0) is 13.1. The molecule has 1 heterocycles. The molecule has 19 heavy (non-hydrogen) atoms. The van der Waals surface area contributed by atoms with E-state index in [4.69, 9.17) is 4.74 Å². The lowest BCUT2D eigenvalue weighted by Gasteiger charge is -2.66. The molecule has 2 nitrogen and oxygen atoms in total. The monoisotopic (exact) mass is 263 g/mol. The average Bonchev–Trinajstić information content (AvgIpc) is 2.24. The van der Waals surface area contributed by atoms with Crippen molar-refractivity contribution < 1.29 is 4.74 Å². The van der Waals surface area contributed by atoms with Crippen LogP contribution in [0, 0.1) is 22.2 Å². The van der Waals surface area contributed by atoms with Gasteiger partial charge in [-0.25, -0.2) is 0 Å². The molecule has 4 saturated carbocycles. The second kappa shape index (κ2) is 3.98. The summed E-state index contributed by atoms with van der Waals surface area (Å²) in [7, 11) is 0. The summed E-state index contributed by atoms with van der Waals surface area (Å²) in [5.74, 6) is 1.03. The van der Waals surface area contributed by atoms with Crippen molar-refractivity contribution in [2.75, 3.05) is 32.8 Å². The Morgan fingerprint density at radius 2 is 1.58 bits per heavy atom.